The number of fused-ring (bicyclic) bond motifs is 1. The van der Waals surface area contributed by atoms with Crippen molar-refractivity contribution in [1.29, 1.82) is 0 Å². The van der Waals surface area contributed by atoms with Crippen LogP contribution in [0.2, 0.25) is 0 Å². The van der Waals surface area contributed by atoms with Gasteiger partial charge >= 0.3 is 0 Å². The van der Waals surface area contributed by atoms with Gasteiger partial charge in [-0.15, -0.1) is 0 Å². The molecule has 0 spiro atoms. The highest BCUT2D eigenvalue weighted by molar-refractivity contribution is 5.99. The number of hydrogen-bond acceptors (Lipinski definition) is 3. The zero-order valence-electron chi connectivity index (χ0n) is 14.9. The van der Waals surface area contributed by atoms with E-state index >= 15 is 0 Å². The first-order chi connectivity index (χ1) is 11.2. The van der Waals surface area contributed by atoms with Crippen molar-refractivity contribution in [2.75, 3.05) is 0 Å². The van der Waals surface area contributed by atoms with Crippen LogP contribution in [0.4, 0.5) is 0 Å². The lowest BCUT2D eigenvalue weighted by atomic mass is 9.74. The van der Waals surface area contributed by atoms with E-state index in [0.717, 1.165) is 29.9 Å². The number of ketones is 1. The summed E-state index contributed by atoms with van der Waals surface area (Å²) >= 11 is 0. The average molecular weight is 328 g/mol. The normalized spacial score (nSPS) is 19.0. The van der Waals surface area contributed by atoms with Crippen LogP contribution in [0.5, 0.6) is 0 Å². The molecule has 0 aromatic carbocycles. The summed E-state index contributed by atoms with van der Waals surface area (Å²) in [5.41, 5.74) is 2.17. The SMILES string of the molecule is CC(=O)c1cc(C(=O)NC2CC(C)(C)Cc3oc(C)cc32)n(C)c1. The molecule has 0 aliphatic heterocycles. The number of Topliss-reactive ketones (excluding diaryl/α,β-unsaturated/α-hetero) is 1. The van der Waals surface area contributed by atoms with Gasteiger partial charge in [0.05, 0.1) is 6.04 Å². The van der Waals surface area contributed by atoms with Crippen LogP contribution in [-0.2, 0) is 13.5 Å². The second-order valence-electron chi connectivity index (χ2n) is 7.59. The van der Waals surface area contributed by atoms with Crippen molar-refractivity contribution in [3.8, 4) is 0 Å². The minimum absolute atomic E-state index is 0.0452. The molecule has 1 aliphatic carbocycles. The molecule has 1 unspecified atom stereocenters. The van der Waals surface area contributed by atoms with Crippen molar-refractivity contribution >= 4 is 11.7 Å². The fraction of sp³-hybridized carbons (Fsp3) is 0.474. The van der Waals surface area contributed by atoms with E-state index in [4.69, 9.17) is 4.42 Å². The van der Waals surface area contributed by atoms with E-state index in [0.29, 0.717) is 11.3 Å². The van der Waals surface area contributed by atoms with Crippen LogP contribution in [0.25, 0.3) is 0 Å². The monoisotopic (exact) mass is 328 g/mol. The number of amides is 1. The molecule has 5 heteroatoms. The standard InChI is InChI=1S/C19H24N2O3/c1-11-6-14-15(8-19(3,4)9-17(14)24-11)20-18(23)16-7-13(12(2)22)10-21(16)5/h6-7,10,15H,8-9H2,1-5H3,(H,20,23). The van der Waals surface area contributed by atoms with Gasteiger partial charge in [-0.3, -0.25) is 9.59 Å². The van der Waals surface area contributed by atoms with Gasteiger partial charge in [0.15, 0.2) is 5.78 Å². The Kier molecular flexibility index (Phi) is 3.90. The predicted octanol–water partition coefficient (Wildman–Crippen LogP) is 3.57. The molecular formula is C19H24N2O3. The Morgan fingerprint density at radius 2 is 2.04 bits per heavy atom. The maximum absolute atomic E-state index is 12.7. The zero-order valence-corrected chi connectivity index (χ0v) is 14.9. The molecule has 24 heavy (non-hydrogen) atoms. The molecule has 2 aromatic heterocycles. The summed E-state index contributed by atoms with van der Waals surface area (Å²) < 4.78 is 7.51. The smallest absolute Gasteiger partial charge is 0.268 e. The van der Waals surface area contributed by atoms with Gasteiger partial charge in [0.1, 0.15) is 17.2 Å². The van der Waals surface area contributed by atoms with Crippen molar-refractivity contribution < 1.29 is 14.0 Å². The number of hydrogen-bond donors (Lipinski definition) is 1. The van der Waals surface area contributed by atoms with Crippen LogP contribution in [0.15, 0.2) is 22.7 Å². The average Bonchev–Trinajstić information content (AvgIpc) is 3.00. The van der Waals surface area contributed by atoms with Crippen molar-refractivity contribution in [3.05, 3.63) is 46.7 Å². The molecule has 0 saturated carbocycles. The molecule has 5 nitrogen and oxygen atoms in total. The first-order valence-corrected chi connectivity index (χ1v) is 8.24. The lowest BCUT2D eigenvalue weighted by Gasteiger charge is -2.34. The van der Waals surface area contributed by atoms with Crippen molar-refractivity contribution in [2.45, 2.75) is 46.6 Å². The second kappa shape index (κ2) is 5.65. The first-order valence-electron chi connectivity index (χ1n) is 8.24. The molecule has 2 heterocycles. The molecule has 0 bridgehead atoms. The van der Waals surface area contributed by atoms with Gasteiger partial charge in [-0.05, 0) is 37.8 Å². The summed E-state index contributed by atoms with van der Waals surface area (Å²) in [4.78, 5) is 24.2. The Hall–Kier alpha value is -2.30. The molecule has 1 atom stereocenters. The molecule has 0 saturated heterocycles. The van der Waals surface area contributed by atoms with E-state index in [9.17, 15) is 9.59 Å². The van der Waals surface area contributed by atoms with Gasteiger partial charge in [0.2, 0.25) is 0 Å². The molecule has 1 aliphatic rings. The highest BCUT2D eigenvalue weighted by atomic mass is 16.3. The van der Waals surface area contributed by atoms with Crippen LogP contribution in [-0.4, -0.2) is 16.3 Å². The first kappa shape index (κ1) is 16.6. The van der Waals surface area contributed by atoms with Gasteiger partial charge in [-0.1, -0.05) is 13.8 Å². The summed E-state index contributed by atoms with van der Waals surface area (Å²) in [7, 11) is 1.78. The van der Waals surface area contributed by atoms with E-state index in [1.807, 2.05) is 13.0 Å². The molecule has 3 rings (SSSR count). The van der Waals surface area contributed by atoms with Crippen molar-refractivity contribution in [3.63, 3.8) is 0 Å². The third-order valence-corrected chi connectivity index (χ3v) is 4.69. The number of aryl methyl sites for hydroxylation is 2. The minimum Gasteiger partial charge on any atom is -0.466 e. The van der Waals surface area contributed by atoms with Gasteiger partial charge in [-0.2, -0.15) is 0 Å². The fourth-order valence-electron chi connectivity index (χ4n) is 3.53. The van der Waals surface area contributed by atoms with Crippen LogP contribution < -0.4 is 5.32 Å². The van der Waals surface area contributed by atoms with Gasteiger partial charge in [0, 0.05) is 30.8 Å². The Morgan fingerprint density at radius 1 is 1.33 bits per heavy atom. The van der Waals surface area contributed by atoms with E-state index in [-0.39, 0.29) is 23.1 Å². The lowest BCUT2D eigenvalue weighted by Crippen LogP contribution is -2.36. The highest BCUT2D eigenvalue weighted by Gasteiger charge is 2.36. The number of rotatable bonds is 3. The summed E-state index contributed by atoms with van der Waals surface area (Å²) in [6.45, 7) is 7.80. The Balaban J connectivity index is 1.87. The summed E-state index contributed by atoms with van der Waals surface area (Å²) in [5, 5.41) is 3.12. The number of furan rings is 1. The van der Waals surface area contributed by atoms with Crippen LogP contribution in [0.3, 0.4) is 0 Å². The number of carbonyl (C=O) groups excluding carboxylic acids is 2. The molecule has 2 aromatic rings. The van der Waals surface area contributed by atoms with E-state index in [1.54, 1.807) is 23.9 Å². The highest BCUT2D eigenvalue weighted by Crippen LogP contribution is 2.42. The fourth-order valence-corrected chi connectivity index (χ4v) is 3.53. The van der Waals surface area contributed by atoms with E-state index < -0.39 is 0 Å². The third-order valence-electron chi connectivity index (χ3n) is 4.69. The molecule has 1 amide bonds. The zero-order chi connectivity index (χ0) is 17.6. The lowest BCUT2D eigenvalue weighted by molar-refractivity contribution is 0.0909. The number of nitrogens with one attached hydrogen (secondary N) is 1. The van der Waals surface area contributed by atoms with Crippen molar-refractivity contribution in [2.24, 2.45) is 12.5 Å². The molecule has 128 valence electrons. The Morgan fingerprint density at radius 3 is 2.67 bits per heavy atom. The molecule has 0 radical (unpaired) electrons. The number of carbonyl (C=O) groups is 2. The minimum atomic E-state index is -0.169. The van der Waals surface area contributed by atoms with Gasteiger partial charge < -0.3 is 14.3 Å². The maximum Gasteiger partial charge on any atom is 0.268 e. The van der Waals surface area contributed by atoms with Crippen LogP contribution >= 0.6 is 0 Å². The molecule has 0 fully saturated rings. The predicted molar refractivity (Wildman–Crippen MR) is 91.2 cm³/mol. The van der Waals surface area contributed by atoms with Gasteiger partial charge in [-0.25, -0.2) is 0 Å². The number of aromatic nitrogens is 1. The molecule has 1 N–H and O–H groups in total. The summed E-state index contributed by atoms with van der Waals surface area (Å²) in [6, 6.07) is 3.58. The van der Waals surface area contributed by atoms with Crippen molar-refractivity contribution in [1.82, 2.24) is 9.88 Å². The molecular weight excluding hydrogens is 304 g/mol. The largest absolute Gasteiger partial charge is 0.466 e. The van der Waals surface area contributed by atoms with E-state index in [1.165, 1.54) is 6.92 Å². The summed E-state index contributed by atoms with van der Waals surface area (Å²) in [5.74, 6) is 1.62. The third kappa shape index (κ3) is 3.03. The maximum atomic E-state index is 12.7. The van der Waals surface area contributed by atoms with E-state index in [2.05, 4.69) is 19.2 Å². The van der Waals surface area contributed by atoms with Crippen LogP contribution in [0, 0.1) is 12.3 Å². The van der Waals surface area contributed by atoms with Gasteiger partial charge in [0.25, 0.3) is 5.91 Å². The topological polar surface area (TPSA) is 64.2 Å². The van der Waals surface area contributed by atoms with Crippen LogP contribution in [0.1, 0.15) is 71.2 Å². The Bertz CT molecular complexity index is 811. The number of nitrogens with zero attached hydrogens (tertiary/aromatic N) is 1. The Labute approximate surface area is 142 Å². The quantitative estimate of drug-likeness (QED) is 0.876. The second-order valence-corrected chi connectivity index (χ2v) is 7.59. The summed E-state index contributed by atoms with van der Waals surface area (Å²) in [6.07, 6.45) is 3.42.